The smallest absolute Gasteiger partial charge is 0.203 e. The number of nitrogens with two attached hydrogens (primary N) is 1. The van der Waals surface area contributed by atoms with Crippen LogP contribution in [0.25, 0.3) is 5.65 Å². The zero-order valence-corrected chi connectivity index (χ0v) is 9.66. The molecule has 17 heavy (non-hydrogen) atoms. The van der Waals surface area contributed by atoms with E-state index in [1.807, 2.05) is 10.6 Å². The Morgan fingerprint density at radius 3 is 3.12 bits per heavy atom. The zero-order valence-electron chi connectivity index (χ0n) is 9.66. The number of hydrogen-bond acceptors (Lipinski definition) is 5. The van der Waals surface area contributed by atoms with E-state index < -0.39 is 0 Å². The molecule has 1 fully saturated rings. The van der Waals surface area contributed by atoms with E-state index in [1.165, 1.54) is 12.8 Å². The normalized spacial score (nSPS) is 15.4. The van der Waals surface area contributed by atoms with E-state index in [1.54, 1.807) is 12.5 Å². The summed E-state index contributed by atoms with van der Waals surface area (Å²) in [6.45, 7) is 1.65. The van der Waals surface area contributed by atoms with Gasteiger partial charge < -0.3 is 10.6 Å². The molecule has 0 atom stereocenters. The summed E-state index contributed by atoms with van der Waals surface area (Å²) in [5.74, 6) is 0.931. The first-order valence-corrected chi connectivity index (χ1v) is 6.01. The van der Waals surface area contributed by atoms with Crippen molar-refractivity contribution in [3.8, 4) is 0 Å². The van der Waals surface area contributed by atoms with Gasteiger partial charge in [0, 0.05) is 25.0 Å². The molecule has 6 heteroatoms. The Morgan fingerprint density at radius 2 is 2.35 bits per heavy atom. The predicted octanol–water partition coefficient (Wildman–Crippen LogP) is 0.442. The summed E-state index contributed by atoms with van der Waals surface area (Å²) in [5, 5.41) is 8.06. The molecule has 0 spiro atoms. The molecule has 0 saturated heterocycles. The third-order valence-electron chi connectivity index (χ3n) is 3.06. The molecule has 6 nitrogen and oxygen atoms in total. The van der Waals surface area contributed by atoms with Gasteiger partial charge in [0.15, 0.2) is 5.82 Å². The van der Waals surface area contributed by atoms with Gasteiger partial charge in [-0.15, -0.1) is 10.2 Å². The lowest BCUT2D eigenvalue weighted by atomic mass is 10.3. The lowest BCUT2D eigenvalue weighted by Crippen LogP contribution is -2.29. The van der Waals surface area contributed by atoms with Crippen molar-refractivity contribution >= 4 is 11.5 Å². The Bertz CT molecular complexity index is 503. The van der Waals surface area contributed by atoms with Crippen LogP contribution in [0.3, 0.4) is 0 Å². The van der Waals surface area contributed by atoms with Crippen LogP contribution in [0.5, 0.6) is 0 Å². The fraction of sp³-hybridized carbons (Fsp3) is 0.545. The molecule has 0 aromatic carbocycles. The highest BCUT2D eigenvalue weighted by atomic mass is 15.3. The molecule has 2 N–H and O–H groups in total. The maximum atomic E-state index is 5.59. The fourth-order valence-electron chi connectivity index (χ4n) is 2.06. The molecule has 0 unspecified atom stereocenters. The largest absolute Gasteiger partial charge is 0.350 e. The van der Waals surface area contributed by atoms with Crippen LogP contribution in [0, 0.1) is 0 Å². The molecule has 2 aromatic heterocycles. The predicted molar refractivity (Wildman–Crippen MR) is 64.8 cm³/mol. The molecule has 2 heterocycles. The SMILES string of the molecule is NCCCN(c1nccn2cnnc12)C1CC1. The number of fused-ring (bicyclic) bond motifs is 1. The van der Waals surface area contributed by atoms with Gasteiger partial charge in [-0.1, -0.05) is 0 Å². The molecule has 0 aliphatic heterocycles. The van der Waals surface area contributed by atoms with Crippen LogP contribution >= 0.6 is 0 Å². The molecule has 90 valence electrons. The van der Waals surface area contributed by atoms with Crippen LogP contribution in [0.15, 0.2) is 18.7 Å². The molecule has 1 aliphatic rings. The molecular weight excluding hydrogens is 216 g/mol. The Kier molecular flexibility index (Phi) is 2.64. The lowest BCUT2D eigenvalue weighted by Gasteiger charge is -2.23. The Labute approximate surface area is 99.5 Å². The number of rotatable bonds is 5. The number of hydrogen-bond donors (Lipinski definition) is 1. The fourth-order valence-corrected chi connectivity index (χ4v) is 2.06. The second-order valence-corrected chi connectivity index (χ2v) is 4.38. The van der Waals surface area contributed by atoms with Crippen molar-refractivity contribution in [2.45, 2.75) is 25.3 Å². The lowest BCUT2D eigenvalue weighted by molar-refractivity contribution is 0.722. The van der Waals surface area contributed by atoms with Gasteiger partial charge in [-0.25, -0.2) is 4.98 Å². The first-order chi connectivity index (χ1) is 8.40. The van der Waals surface area contributed by atoms with Crippen LogP contribution in [0.1, 0.15) is 19.3 Å². The Hall–Kier alpha value is -1.69. The van der Waals surface area contributed by atoms with Crippen LogP contribution in [-0.2, 0) is 0 Å². The highest BCUT2D eigenvalue weighted by molar-refractivity contribution is 5.64. The van der Waals surface area contributed by atoms with Crippen molar-refractivity contribution in [3.05, 3.63) is 18.7 Å². The van der Waals surface area contributed by atoms with Crippen molar-refractivity contribution in [1.82, 2.24) is 19.6 Å². The topological polar surface area (TPSA) is 72.3 Å². The van der Waals surface area contributed by atoms with Crippen LogP contribution < -0.4 is 10.6 Å². The van der Waals surface area contributed by atoms with Crippen LogP contribution in [0.4, 0.5) is 5.82 Å². The summed E-state index contributed by atoms with van der Waals surface area (Å²) >= 11 is 0. The first-order valence-electron chi connectivity index (χ1n) is 6.01. The summed E-state index contributed by atoms with van der Waals surface area (Å²) < 4.78 is 1.90. The summed E-state index contributed by atoms with van der Waals surface area (Å²) in [5.41, 5.74) is 6.42. The highest BCUT2D eigenvalue weighted by Crippen LogP contribution is 2.31. The Balaban J connectivity index is 1.96. The molecule has 2 aromatic rings. The van der Waals surface area contributed by atoms with E-state index in [2.05, 4.69) is 20.1 Å². The monoisotopic (exact) mass is 232 g/mol. The van der Waals surface area contributed by atoms with Crippen LogP contribution in [0.2, 0.25) is 0 Å². The Morgan fingerprint density at radius 1 is 1.47 bits per heavy atom. The average molecular weight is 232 g/mol. The van der Waals surface area contributed by atoms with Crippen molar-refractivity contribution < 1.29 is 0 Å². The maximum Gasteiger partial charge on any atom is 0.203 e. The molecule has 3 rings (SSSR count). The second-order valence-electron chi connectivity index (χ2n) is 4.38. The molecule has 0 amide bonds. The second kappa shape index (κ2) is 4.29. The minimum Gasteiger partial charge on any atom is -0.350 e. The van der Waals surface area contributed by atoms with Crippen molar-refractivity contribution in [3.63, 3.8) is 0 Å². The third-order valence-corrected chi connectivity index (χ3v) is 3.06. The summed E-state index contributed by atoms with van der Waals surface area (Å²) in [6, 6.07) is 0.608. The van der Waals surface area contributed by atoms with Gasteiger partial charge >= 0.3 is 0 Å². The average Bonchev–Trinajstić information content (AvgIpc) is 3.07. The van der Waals surface area contributed by atoms with E-state index in [4.69, 9.17) is 5.73 Å². The summed E-state index contributed by atoms with van der Waals surface area (Å²) in [4.78, 5) is 6.77. The van der Waals surface area contributed by atoms with Crippen molar-refractivity contribution in [1.29, 1.82) is 0 Å². The maximum absolute atomic E-state index is 5.59. The number of anilines is 1. The van der Waals surface area contributed by atoms with Gasteiger partial charge in [0.1, 0.15) is 6.33 Å². The van der Waals surface area contributed by atoms with E-state index >= 15 is 0 Å². The van der Waals surface area contributed by atoms with Gasteiger partial charge in [-0.3, -0.25) is 4.40 Å². The van der Waals surface area contributed by atoms with E-state index in [-0.39, 0.29) is 0 Å². The third kappa shape index (κ3) is 1.95. The van der Waals surface area contributed by atoms with E-state index in [9.17, 15) is 0 Å². The van der Waals surface area contributed by atoms with E-state index in [0.29, 0.717) is 12.6 Å². The van der Waals surface area contributed by atoms with Gasteiger partial charge in [0.25, 0.3) is 0 Å². The first kappa shape index (κ1) is 10.5. The van der Waals surface area contributed by atoms with Gasteiger partial charge in [0.05, 0.1) is 0 Å². The summed E-state index contributed by atoms with van der Waals surface area (Å²) in [6.07, 6.45) is 8.82. The molecular formula is C11H16N6. The quantitative estimate of drug-likeness (QED) is 0.810. The summed E-state index contributed by atoms with van der Waals surface area (Å²) in [7, 11) is 0. The van der Waals surface area contributed by atoms with Crippen molar-refractivity contribution in [2.24, 2.45) is 5.73 Å². The molecule has 0 bridgehead atoms. The standard InChI is InChI=1S/C11H16N6/c12-4-1-6-17(9-2-3-9)10-11-15-14-8-16(11)7-5-13-10/h5,7-9H,1-4,6,12H2. The number of nitrogens with zero attached hydrogens (tertiary/aromatic N) is 5. The van der Waals surface area contributed by atoms with Gasteiger partial charge in [-0.05, 0) is 25.8 Å². The van der Waals surface area contributed by atoms with Crippen molar-refractivity contribution in [2.75, 3.05) is 18.0 Å². The minimum absolute atomic E-state index is 0.608. The number of aromatic nitrogens is 4. The molecule has 1 saturated carbocycles. The molecule has 0 radical (unpaired) electrons. The minimum atomic E-state index is 0.608. The molecule has 1 aliphatic carbocycles. The zero-order chi connectivity index (χ0) is 11.7. The highest BCUT2D eigenvalue weighted by Gasteiger charge is 2.31. The van der Waals surface area contributed by atoms with Crippen LogP contribution in [-0.4, -0.2) is 38.7 Å². The van der Waals surface area contributed by atoms with E-state index in [0.717, 1.165) is 24.4 Å². The van der Waals surface area contributed by atoms with Gasteiger partial charge in [-0.2, -0.15) is 0 Å². The van der Waals surface area contributed by atoms with Gasteiger partial charge in [0.2, 0.25) is 5.65 Å².